The lowest BCUT2D eigenvalue weighted by atomic mass is 10.1. The minimum absolute atomic E-state index is 0.452. The quantitative estimate of drug-likeness (QED) is 0.246. The van der Waals surface area contributed by atoms with Crippen molar-refractivity contribution in [3.63, 3.8) is 0 Å². The normalized spacial score (nSPS) is 16.4. The number of pyridine rings is 1. The van der Waals surface area contributed by atoms with Crippen LogP contribution in [0.15, 0.2) is 66.9 Å². The molecule has 9 heteroatoms. The van der Waals surface area contributed by atoms with Gasteiger partial charge in [0.05, 0.1) is 52.4 Å². The highest BCUT2D eigenvalue weighted by Gasteiger charge is 2.15. The Morgan fingerprint density at radius 2 is 1.58 bits per heavy atom. The molecule has 0 N–H and O–H groups in total. The number of methoxy groups -OCH3 is 1. The van der Waals surface area contributed by atoms with Gasteiger partial charge in [-0.25, -0.2) is 0 Å². The molecule has 0 radical (unpaired) electrons. The first-order valence-corrected chi connectivity index (χ1v) is 15.5. The van der Waals surface area contributed by atoms with Crippen molar-refractivity contribution < 1.29 is 18.9 Å². The summed E-state index contributed by atoms with van der Waals surface area (Å²) in [5.41, 5.74) is 5.78. The van der Waals surface area contributed by atoms with Crippen LogP contribution < -0.4 is 14.5 Å². The van der Waals surface area contributed by atoms with Gasteiger partial charge in [0.25, 0.3) is 0 Å². The van der Waals surface area contributed by atoms with Crippen LogP contribution in [0.3, 0.4) is 0 Å². The van der Waals surface area contributed by atoms with Crippen molar-refractivity contribution in [3.8, 4) is 5.75 Å². The van der Waals surface area contributed by atoms with Crippen LogP contribution in [0.4, 0.5) is 11.4 Å². The predicted molar refractivity (Wildman–Crippen MR) is 171 cm³/mol. The Labute approximate surface area is 256 Å². The molecule has 232 valence electrons. The maximum atomic E-state index is 5.93. The monoisotopic (exact) mass is 589 g/mol. The number of anilines is 2. The third-order valence-corrected chi connectivity index (χ3v) is 8.13. The first-order valence-electron chi connectivity index (χ1n) is 15.5. The number of benzene rings is 2. The maximum absolute atomic E-state index is 5.93. The predicted octanol–water partition coefficient (Wildman–Crippen LogP) is 3.91. The topological polar surface area (TPSA) is 62.8 Å². The molecule has 0 spiro atoms. The van der Waals surface area contributed by atoms with Crippen molar-refractivity contribution in [3.05, 3.63) is 83.7 Å². The summed E-state index contributed by atoms with van der Waals surface area (Å²) in [5, 5.41) is 0. The number of likely N-dealkylation sites (N-methyl/N-ethyl adjacent to an activating group) is 1. The number of hydrogen-bond donors (Lipinski definition) is 0. The van der Waals surface area contributed by atoms with E-state index in [2.05, 4.69) is 80.2 Å². The molecule has 0 saturated carbocycles. The van der Waals surface area contributed by atoms with E-state index >= 15 is 0 Å². The molecule has 1 aromatic heterocycles. The largest absolute Gasteiger partial charge is 0.497 e. The molecule has 2 saturated heterocycles. The van der Waals surface area contributed by atoms with Crippen LogP contribution in [0.25, 0.3) is 0 Å². The Hall–Kier alpha value is -3.21. The SMILES string of the molecule is COc1cccc(CN(Cc2ccc(N3CCN(C)CC3)cc2)c2ccnc(COCCOCCN3CCOCC3)c2)c1. The zero-order valence-corrected chi connectivity index (χ0v) is 25.8. The van der Waals surface area contributed by atoms with Gasteiger partial charge in [0, 0.05) is 76.5 Å². The van der Waals surface area contributed by atoms with Crippen molar-refractivity contribution in [2.24, 2.45) is 0 Å². The fourth-order valence-electron chi connectivity index (χ4n) is 5.48. The van der Waals surface area contributed by atoms with Crippen LogP contribution in [0.2, 0.25) is 0 Å². The number of ether oxygens (including phenoxy) is 4. The average Bonchev–Trinajstić information content (AvgIpc) is 3.05. The van der Waals surface area contributed by atoms with Crippen LogP contribution in [0.5, 0.6) is 5.75 Å². The lowest BCUT2D eigenvalue weighted by molar-refractivity contribution is 0.00553. The summed E-state index contributed by atoms with van der Waals surface area (Å²) in [4.78, 5) is 14.2. The molecule has 0 amide bonds. The van der Waals surface area contributed by atoms with E-state index in [1.807, 2.05) is 18.3 Å². The van der Waals surface area contributed by atoms with Crippen LogP contribution in [0.1, 0.15) is 16.8 Å². The Bertz CT molecular complexity index is 1230. The van der Waals surface area contributed by atoms with Crippen molar-refractivity contribution >= 4 is 11.4 Å². The second-order valence-electron chi connectivity index (χ2n) is 11.3. The van der Waals surface area contributed by atoms with E-state index in [4.69, 9.17) is 18.9 Å². The molecule has 43 heavy (non-hydrogen) atoms. The average molecular weight is 590 g/mol. The highest BCUT2D eigenvalue weighted by molar-refractivity contribution is 5.51. The maximum Gasteiger partial charge on any atom is 0.119 e. The number of piperazine rings is 1. The van der Waals surface area contributed by atoms with E-state index in [9.17, 15) is 0 Å². The third-order valence-electron chi connectivity index (χ3n) is 8.13. The molecule has 2 fully saturated rings. The van der Waals surface area contributed by atoms with Crippen molar-refractivity contribution in [1.82, 2.24) is 14.8 Å². The molecule has 0 bridgehead atoms. The summed E-state index contributed by atoms with van der Waals surface area (Å²) in [6, 6.07) is 21.6. The van der Waals surface area contributed by atoms with E-state index in [0.29, 0.717) is 26.4 Å². The van der Waals surface area contributed by atoms with Gasteiger partial charge in [0.1, 0.15) is 5.75 Å². The minimum Gasteiger partial charge on any atom is -0.497 e. The van der Waals surface area contributed by atoms with E-state index in [0.717, 1.165) is 89.2 Å². The van der Waals surface area contributed by atoms with Gasteiger partial charge in [-0.3, -0.25) is 9.88 Å². The fraction of sp³-hybridized carbons (Fsp3) is 0.500. The lowest BCUT2D eigenvalue weighted by Crippen LogP contribution is -2.44. The minimum atomic E-state index is 0.452. The standard InChI is InChI=1S/C34H47N5O4/c1-36-12-14-38(15-13-36)32-8-6-29(7-9-32)26-39(27-30-4-3-5-34(24-30)40-2)33-10-11-35-31(25-33)28-43-23-22-42-21-18-37-16-19-41-20-17-37/h3-11,24-25H,12-23,26-28H2,1-2H3. The molecule has 2 aromatic carbocycles. The van der Waals surface area contributed by atoms with Crippen molar-refractivity contribution in [2.75, 3.05) is 103 Å². The van der Waals surface area contributed by atoms with Gasteiger partial charge < -0.3 is 33.6 Å². The summed E-state index contributed by atoms with van der Waals surface area (Å²) in [6.45, 7) is 12.7. The molecule has 2 aliphatic heterocycles. The Kier molecular flexibility index (Phi) is 12.0. The summed E-state index contributed by atoms with van der Waals surface area (Å²) >= 11 is 0. The van der Waals surface area contributed by atoms with Crippen molar-refractivity contribution in [1.29, 1.82) is 0 Å². The van der Waals surface area contributed by atoms with Gasteiger partial charge >= 0.3 is 0 Å². The molecule has 2 aliphatic rings. The highest BCUT2D eigenvalue weighted by atomic mass is 16.5. The lowest BCUT2D eigenvalue weighted by Gasteiger charge is -2.34. The molecular weight excluding hydrogens is 542 g/mol. The number of hydrogen-bond acceptors (Lipinski definition) is 9. The Balaban J connectivity index is 1.18. The fourth-order valence-corrected chi connectivity index (χ4v) is 5.48. The van der Waals surface area contributed by atoms with Gasteiger partial charge in [-0.2, -0.15) is 0 Å². The summed E-state index contributed by atoms with van der Waals surface area (Å²) in [6.07, 6.45) is 1.88. The first kappa shape index (κ1) is 31.2. The number of nitrogens with zero attached hydrogens (tertiary/aromatic N) is 5. The van der Waals surface area contributed by atoms with Crippen LogP contribution >= 0.6 is 0 Å². The Morgan fingerprint density at radius 1 is 0.814 bits per heavy atom. The second-order valence-corrected chi connectivity index (χ2v) is 11.3. The van der Waals surface area contributed by atoms with E-state index in [1.54, 1.807) is 7.11 Å². The molecule has 0 unspecified atom stereocenters. The number of aromatic nitrogens is 1. The van der Waals surface area contributed by atoms with Gasteiger partial charge in [-0.15, -0.1) is 0 Å². The van der Waals surface area contributed by atoms with E-state index in [1.165, 1.54) is 16.8 Å². The molecule has 9 nitrogen and oxygen atoms in total. The third kappa shape index (κ3) is 9.91. The summed E-state index contributed by atoms with van der Waals surface area (Å²) < 4.78 is 22.6. The molecule has 5 rings (SSSR count). The summed E-state index contributed by atoms with van der Waals surface area (Å²) in [7, 11) is 3.90. The highest BCUT2D eigenvalue weighted by Crippen LogP contribution is 2.24. The second kappa shape index (κ2) is 16.6. The van der Waals surface area contributed by atoms with Crippen LogP contribution in [-0.4, -0.2) is 108 Å². The number of rotatable bonds is 15. The number of morpholine rings is 1. The van der Waals surface area contributed by atoms with Gasteiger partial charge in [0.2, 0.25) is 0 Å². The molecular formula is C34H47N5O4. The van der Waals surface area contributed by atoms with Crippen molar-refractivity contribution in [2.45, 2.75) is 19.7 Å². The van der Waals surface area contributed by atoms with Gasteiger partial charge in [-0.1, -0.05) is 24.3 Å². The zero-order valence-electron chi connectivity index (χ0n) is 25.8. The van der Waals surface area contributed by atoms with Gasteiger partial charge in [-0.05, 0) is 54.6 Å². The molecule has 3 heterocycles. The summed E-state index contributed by atoms with van der Waals surface area (Å²) in [5.74, 6) is 0.866. The van der Waals surface area contributed by atoms with Crippen LogP contribution in [0, 0.1) is 0 Å². The zero-order chi connectivity index (χ0) is 29.7. The van der Waals surface area contributed by atoms with E-state index in [-0.39, 0.29) is 0 Å². The Morgan fingerprint density at radius 3 is 2.37 bits per heavy atom. The first-order chi connectivity index (χ1) is 21.2. The molecule has 3 aromatic rings. The van der Waals surface area contributed by atoms with E-state index < -0.39 is 0 Å². The molecule has 0 atom stereocenters. The smallest absolute Gasteiger partial charge is 0.119 e. The molecule has 0 aliphatic carbocycles. The van der Waals surface area contributed by atoms with Gasteiger partial charge in [0.15, 0.2) is 0 Å². The van der Waals surface area contributed by atoms with Crippen LogP contribution in [-0.2, 0) is 33.9 Å².